The maximum absolute atomic E-state index is 11.4. The van der Waals surface area contributed by atoms with Crippen LogP contribution in [0.3, 0.4) is 0 Å². The van der Waals surface area contributed by atoms with Crippen LogP contribution in [-0.4, -0.2) is 30.3 Å². The smallest absolute Gasteiger partial charge is 0.237 e. The number of carbonyl (C=O) groups is 2. The van der Waals surface area contributed by atoms with Crippen molar-refractivity contribution in [2.75, 3.05) is 13.6 Å². The molecular formula is C8H14N2O2. The molecule has 68 valence electrons. The van der Waals surface area contributed by atoms with Crippen LogP contribution in [0.4, 0.5) is 0 Å². The lowest BCUT2D eigenvalue weighted by Gasteiger charge is -2.28. The monoisotopic (exact) mass is 170 g/mol. The largest absolute Gasteiger partial charge is 0.368 e. The van der Waals surface area contributed by atoms with Crippen molar-refractivity contribution in [2.24, 2.45) is 11.7 Å². The molecule has 1 aliphatic carbocycles. The highest BCUT2D eigenvalue weighted by molar-refractivity contribution is 5.85. The molecule has 0 bridgehead atoms. The van der Waals surface area contributed by atoms with Crippen LogP contribution in [0.5, 0.6) is 0 Å². The standard InChI is InChI=1S/C8H14N2O2/c1-10(5-7(9)11)8(12)6-3-2-4-6/h6H,2-5H2,1H3,(H2,9,11). The van der Waals surface area contributed by atoms with Crippen molar-refractivity contribution < 1.29 is 9.59 Å². The molecule has 0 spiro atoms. The first-order chi connectivity index (χ1) is 5.61. The van der Waals surface area contributed by atoms with E-state index in [2.05, 4.69) is 0 Å². The Morgan fingerprint density at radius 3 is 2.42 bits per heavy atom. The molecule has 1 rings (SSSR count). The Bertz CT molecular complexity index is 199. The van der Waals surface area contributed by atoms with Gasteiger partial charge in [0.2, 0.25) is 11.8 Å². The molecule has 4 heteroatoms. The number of carbonyl (C=O) groups excluding carboxylic acids is 2. The Balaban J connectivity index is 2.34. The number of amides is 2. The molecular weight excluding hydrogens is 156 g/mol. The molecule has 0 radical (unpaired) electrons. The van der Waals surface area contributed by atoms with Crippen LogP contribution < -0.4 is 5.73 Å². The Kier molecular flexibility index (Phi) is 2.68. The number of nitrogens with two attached hydrogens (primary N) is 1. The molecule has 0 aromatic heterocycles. The third-order valence-corrected chi connectivity index (χ3v) is 2.22. The first kappa shape index (κ1) is 9.03. The van der Waals surface area contributed by atoms with Crippen LogP contribution in [0.2, 0.25) is 0 Å². The molecule has 0 atom stereocenters. The number of primary amides is 1. The number of hydrogen-bond acceptors (Lipinski definition) is 2. The van der Waals surface area contributed by atoms with Crippen molar-refractivity contribution in [1.29, 1.82) is 0 Å². The minimum Gasteiger partial charge on any atom is -0.368 e. The molecule has 1 saturated carbocycles. The van der Waals surface area contributed by atoms with Crippen LogP contribution in [-0.2, 0) is 9.59 Å². The SMILES string of the molecule is CN(CC(N)=O)C(=O)C1CCC1. The third kappa shape index (κ3) is 1.96. The first-order valence-electron chi connectivity index (χ1n) is 4.14. The second kappa shape index (κ2) is 3.56. The fourth-order valence-electron chi connectivity index (χ4n) is 1.28. The topological polar surface area (TPSA) is 63.4 Å². The van der Waals surface area contributed by atoms with E-state index < -0.39 is 5.91 Å². The predicted molar refractivity (Wildman–Crippen MR) is 44.2 cm³/mol. The van der Waals surface area contributed by atoms with Gasteiger partial charge in [-0.2, -0.15) is 0 Å². The van der Waals surface area contributed by atoms with Crippen LogP contribution >= 0.6 is 0 Å². The summed E-state index contributed by atoms with van der Waals surface area (Å²) in [4.78, 5) is 23.3. The average Bonchev–Trinajstić information content (AvgIpc) is 1.81. The molecule has 1 fully saturated rings. The molecule has 2 N–H and O–H groups in total. The fraction of sp³-hybridized carbons (Fsp3) is 0.750. The van der Waals surface area contributed by atoms with Crippen LogP contribution in [0.15, 0.2) is 0 Å². The van der Waals surface area contributed by atoms with Gasteiger partial charge in [-0.05, 0) is 12.8 Å². The molecule has 4 nitrogen and oxygen atoms in total. The lowest BCUT2D eigenvalue weighted by molar-refractivity contribution is -0.139. The highest BCUT2D eigenvalue weighted by Crippen LogP contribution is 2.27. The Morgan fingerprint density at radius 2 is 2.08 bits per heavy atom. The fourth-order valence-corrected chi connectivity index (χ4v) is 1.28. The molecule has 0 saturated heterocycles. The van der Waals surface area contributed by atoms with E-state index in [-0.39, 0.29) is 18.4 Å². The summed E-state index contributed by atoms with van der Waals surface area (Å²) in [6, 6.07) is 0. The van der Waals surface area contributed by atoms with Crippen LogP contribution in [0, 0.1) is 5.92 Å². The van der Waals surface area contributed by atoms with Crippen molar-refractivity contribution in [2.45, 2.75) is 19.3 Å². The zero-order chi connectivity index (χ0) is 9.14. The van der Waals surface area contributed by atoms with Crippen LogP contribution in [0.1, 0.15) is 19.3 Å². The molecule has 0 aromatic rings. The van der Waals surface area contributed by atoms with E-state index in [9.17, 15) is 9.59 Å². The van der Waals surface area contributed by atoms with E-state index in [0.717, 1.165) is 19.3 Å². The van der Waals surface area contributed by atoms with E-state index in [1.807, 2.05) is 0 Å². The summed E-state index contributed by atoms with van der Waals surface area (Å²) < 4.78 is 0. The van der Waals surface area contributed by atoms with Gasteiger partial charge >= 0.3 is 0 Å². The summed E-state index contributed by atoms with van der Waals surface area (Å²) in [6.45, 7) is 0.0370. The zero-order valence-electron chi connectivity index (χ0n) is 7.25. The van der Waals surface area contributed by atoms with E-state index in [1.54, 1.807) is 7.05 Å². The lowest BCUT2D eigenvalue weighted by atomic mass is 9.84. The zero-order valence-corrected chi connectivity index (χ0v) is 7.25. The third-order valence-electron chi connectivity index (χ3n) is 2.22. The second-order valence-corrected chi connectivity index (χ2v) is 3.29. The van der Waals surface area contributed by atoms with Gasteiger partial charge in [-0.3, -0.25) is 9.59 Å². The normalized spacial score (nSPS) is 16.8. The van der Waals surface area contributed by atoms with Gasteiger partial charge in [-0.15, -0.1) is 0 Å². The number of nitrogens with zero attached hydrogens (tertiary/aromatic N) is 1. The number of hydrogen-bond donors (Lipinski definition) is 1. The maximum atomic E-state index is 11.4. The molecule has 2 amide bonds. The molecule has 0 aromatic carbocycles. The van der Waals surface area contributed by atoms with Gasteiger partial charge in [0.25, 0.3) is 0 Å². The van der Waals surface area contributed by atoms with Gasteiger partial charge in [0.05, 0.1) is 6.54 Å². The number of rotatable bonds is 3. The van der Waals surface area contributed by atoms with Gasteiger partial charge in [0.15, 0.2) is 0 Å². The van der Waals surface area contributed by atoms with E-state index in [1.165, 1.54) is 4.90 Å². The summed E-state index contributed by atoms with van der Waals surface area (Å²) in [5.74, 6) is -0.250. The summed E-state index contributed by atoms with van der Waals surface area (Å²) in [7, 11) is 1.62. The molecule has 0 heterocycles. The van der Waals surface area contributed by atoms with Crippen molar-refractivity contribution in [3.8, 4) is 0 Å². The highest BCUT2D eigenvalue weighted by atomic mass is 16.2. The second-order valence-electron chi connectivity index (χ2n) is 3.29. The summed E-state index contributed by atoms with van der Waals surface area (Å²) in [5, 5.41) is 0. The van der Waals surface area contributed by atoms with Crippen molar-refractivity contribution in [3.05, 3.63) is 0 Å². The van der Waals surface area contributed by atoms with E-state index in [4.69, 9.17) is 5.73 Å². The van der Waals surface area contributed by atoms with Gasteiger partial charge in [0.1, 0.15) is 0 Å². The quantitative estimate of drug-likeness (QED) is 0.633. The van der Waals surface area contributed by atoms with Crippen molar-refractivity contribution in [1.82, 2.24) is 4.90 Å². The molecule has 12 heavy (non-hydrogen) atoms. The molecule has 0 unspecified atom stereocenters. The van der Waals surface area contributed by atoms with Gasteiger partial charge in [-0.25, -0.2) is 0 Å². The van der Waals surface area contributed by atoms with E-state index in [0.29, 0.717) is 0 Å². The molecule has 0 aliphatic heterocycles. The Morgan fingerprint density at radius 1 is 1.50 bits per heavy atom. The van der Waals surface area contributed by atoms with Crippen molar-refractivity contribution in [3.63, 3.8) is 0 Å². The minimum atomic E-state index is -0.454. The van der Waals surface area contributed by atoms with Crippen molar-refractivity contribution >= 4 is 11.8 Å². The highest BCUT2D eigenvalue weighted by Gasteiger charge is 2.27. The first-order valence-corrected chi connectivity index (χ1v) is 4.14. The Hall–Kier alpha value is -1.06. The molecule has 1 aliphatic rings. The predicted octanol–water partition coefficient (Wildman–Crippen LogP) is -0.270. The Labute approximate surface area is 71.7 Å². The summed E-state index contributed by atoms with van der Waals surface area (Å²) in [6.07, 6.45) is 3.05. The number of likely N-dealkylation sites (N-methyl/N-ethyl adjacent to an activating group) is 1. The van der Waals surface area contributed by atoms with Gasteiger partial charge in [0, 0.05) is 13.0 Å². The maximum Gasteiger partial charge on any atom is 0.237 e. The summed E-state index contributed by atoms with van der Waals surface area (Å²) in [5.41, 5.74) is 4.96. The van der Waals surface area contributed by atoms with E-state index >= 15 is 0 Å². The van der Waals surface area contributed by atoms with Gasteiger partial charge < -0.3 is 10.6 Å². The van der Waals surface area contributed by atoms with Crippen LogP contribution in [0.25, 0.3) is 0 Å². The van der Waals surface area contributed by atoms with Gasteiger partial charge in [-0.1, -0.05) is 6.42 Å². The minimum absolute atomic E-state index is 0.0370. The average molecular weight is 170 g/mol. The lowest BCUT2D eigenvalue weighted by Crippen LogP contribution is -2.40. The summed E-state index contributed by atoms with van der Waals surface area (Å²) >= 11 is 0.